The molecule has 0 unspecified atom stereocenters. The molecule has 0 radical (unpaired) electrons. The molecule has 0 saturated carbocycles. The van der Waals surface area contributed by atoms with Crippen molar-refractivity contribution < 1.29 is 13.2 Å². The van der Waals surface area contributed by atoms with Crippen LogP contribution in [0.3, 0.4) is 0 Å². The molecule has 1 heterocycles. The van der Waals surface area contributed by atoms with E-state index in [1.54, 1.807) is 45.0 Å². The average molecular weight is 459 g/mol. The number of benzene rings is 2. The summed E-state index contributed by atoms with van der Waals surface area (Å²) in [4.78, 5) is 38.1. The maximum absolute atomic E-state index is 12.8. The first kappa shape index (κ1) is 23.4. The highest BCUT2D eigenvalue weighted by atomic mass is 32.2. The van der Waals surface area contributed by atoms with Gasteiger partial charge in [0, 0.05) is 25.3 Å². The third-order valence-corrected chi connectivity index (χ3v) is 7.30. The van der Waals surface area contributed by atoms with E-state index in [0.29, 0.717) is 29.7 Å². The van der Waals surface area contributed by atoms with Gasteiger partial charge in [-0.3, -0.25) is 18.7 Å². The number of para-hydroxylation sites is 1. The fraction of sp³-hybridized carbons (Fsp3) is 0.318. The number of amides is 1. The monoisotopic (exact) mass is 458 g/mol. The molecule has 0 atom stereocenters. The van der Waals surface area contributed by atoms with Crippen LogP contribution in [-0.2, 0) is 27.9 Å². The smallest absolute Gasteiger partial charge is 0.325 e. The lowest BCUT2D eigenvalue weighted by atomic mass is 10.2. The second-order valence-electron chi connectivity index (χ2n) is 7.10. The van der Waals surface area contributed by atoms with Crippen LogP contribution in [0.15, 0.2) is 63.0 Å². The highest BCUT2D eigenvalue weighted by Crippen LogP contribution is 2.18. The Labute approximate surface area is 186 Å². The molecule has 9 nitrogen and oxygen atoms in total. The van der Waals surface area contributed by atoms with Crippen LogP contribution in [0.1, 0.15) is 20.8 Å². The molecule has 2 aromatic carbocycles. The third-order valence-electron chi connectivity index (χ3n) is 5.23. The van der Waals surface area contributed by atoms with Gasteiger partial charge in [0.2, 0.25) is 15.9 Å². The van der Waals surface area contributed by atoms with Gasteiger partial charge in [-0.05, 0) is 43.3 Å². The van der Waals surface area contributed by atoms with Crippen LogP contribution in [0.25, 0.3) is 10.9 Å². The Bertz CT molecular complexity index is 1350. The highest BCUT2D eigenvalue weighted by Gasteiger charge is 2.21. The third kappa shape index (κ3) is 4.37. The van der Waals surface area contributed by atoms with E-state index in [2.05, 4.69) is 5.32 Å². The van der Waals surface area contributed by atoms with Crippen molar-refractivity contribution in [2.24, 2.45) is 0 Å². The first-order valence-electron chi connectivity index (χ1n) is 10.4. The number of carbonyl (C=O) groups is 1. The predicted octanol–water partition coefficient (Wildman–Crippen LogP) is 1.85. The van der Waals surface area contributed by atoms with Crippen molar-refractivity contribution in [2.45, 2.75) is 38.8 Å². The quantitative estimate of drug-likeness (QED) is 0.554. The summed E-state index contributed by atoms with van der Waals surface area (Å²) >= 11 is 0. The molecule has 0 fully saturated rings. The predicted molar refractivity (Wildman–Crippen MR) is 123 cm³/mol. The molecule has 0 aliphatic rings. The van der Waals surface area contributed by atoms with Gasteiger partial charge in [0.15, 0.2) is 0 Å². The number of nitrogens with zero attached hydrogens (tertiary/aromatic N) is 3. The van der Waals surface area contributed by atoms with E-state index in [0.717, 1.165) is 4.57 Å². The summed E-state index contributed by atoms with van der Waals surface area (Å²) < 4.78 is 28.9. The minimum atomic E-state index is -3.59. The molecule has 0 bridgehead atoms. The maximum atomic E-state index is 12.8. The number of rotatable bonds is 8. The van der Waals surface area contributed by atoms with Crippen LogP contribution in [0, 0.1) is 0 Å². The molecule has 0 spiro atoms. The largest absolute Gasteiger partial charge is 0.331 e. The maximum Gasteiger partial charge on any atom is 0.331 e. The molecule has 3 aromatic rings. The van der Waals surface area contributed by atoms with Gasteiger partial charge in [-0.1, -0.05) is 26.0 Å². The Morgan fingerprint density at radius 1 is 0.938 bits per heavy atom. The number of carbonyl (C=O) groups excluding carboxylic acids is 1. The molecule has 0 saturated heterocycles. The summed E-state index contributed by atoms with van der Waals surface area (Å²) in [6.45, 7) is 5.84. The molecular weight excluding hydrogens is 432 g/mol. The number of hydrogen-bond donors (Lipinski definition) is 1. The second kappa shape index (κ2) is 9.49. The fourth-order valence-electron chi connectivity index (χ4n) is 3.57. The van der Waals surface area contributed by atoms with E-state index in [-0.39, 0.29) is 18.0 Å². The van der Waals surface area contributed by atoms with Crippen LogP contribution in [-0.4, -0.2) is 40.9 Å². The van der Waals surface area contributed by atoms with Gasteiger partial charge in [0.05, 0.1) is 15.8 Å². The van der Waals surface area contributed by atoms with E-state index in [1.807, 2.05) is 0 Å². The first-order valence-corrected chi connectivity index (χ1v) is 11.8. The lowest BCUT2D eigenvalue weighted by molar-refractivity contribution is -0.116. The fourth-order valence-corrected chi connectivity index (χ4v) is 5.03. The van der Waals surface area contributed by atoms with Gasteiger partial charge in [0.1, 0.15) is 6.54 Å². The van der Waals surface area contributed by atoms with Crippen molar-refractivity contribution in [2.75, 3.05) is 18.4 Å². The molecular formula is C22H26N4O5S. The number of anilines is 1. The Balaban J connectivity index is 1.87. The van der Waals surface area contributed by atoms with Gasteiger partial charge in [-0.25, -0.2) is 13.2 Å². The topological polar surface area (TPSA) is 110 Å². The van der Waals surface area contributed by atoms with Crippen molar-refractivity contribution in [3.63, 3.8) is 0 Å². The Kier molecular flexibility index (Phi) is 6.95. The van der Waals surface area contributed by atoms with E-state index < -0.39 is 27.2 Å². The minimum Gasteiger partial charge on any atom is -0.325 e. The summed E-state index contributed by atoms with van der Waals surface area (Å²) in [7, 11) is -3.59. The summed E-state index contributed by atoms with van der Waals surface area (Å²) in [5.74, 6) is -0.474. The molecule has 1 aromatic heterocycles. The molecule has 170 valence electrons. The summed E-state index contributed by atoms with van der Waals surface area (Å²) in [6.07, 6.45) is 0. The van der Waals surface area contributed by atoms with Crippen LogP contribution in [0.5, 0.6) is 0 Å². The zero-order chi connectivity index (χ0) is 23.5. The van der Waals surface area contributed by atoms with Crippen LogP contribution < -0.4 is 16.6 Å². The lowest BCUT2D eigenvalue weighted by Gasteiger charge is -2.18. The number of hydrogen-bond acceptors (Lipinski definition) is 5. The van der Waals surface area contributed by atoms with Gasteiger partial charge in [-0.15, -0.1) is 0 Å². The zero-order valence-corrected chi connectivity index (χ0v) is 19.1. The first-order chi connectivity index (χ1) is 15.2. The van der Waals surface area contributed by atoms with Gasteiger partial charge in [-0.2, -0.15) is 4.31 Å². The van der Waals surface area contributed by atoms with Gasteiger partial charge < -0.3 is 5.32 Å². The van der Waals surface area contributed by atoms with E-state index in [1.165, 1.54) is 33.1 Å². The minimum absolute atomic E-state index is 0.136. The molecule has 3 rings (SSSR count). The van der Waals surface area contributed by atoms with Crippen molar-refractivity contribution >= 4 is 32.5 Å². The molecule has 1 amide bonds. The Morgan fingerprint density at radius 3 is 2.16 bits per heavy atom. The zero-order valence-electron chi connectivity index (χ0n) is 18.2. The van der Waals surface area contributed by atoms with Crippen LogP contribution in [0.2, 0.25) is 0 Å². The number of aromatic nitrogens is 2. The van der Waals surface area contributed by atoms with Gasteiger partial charge >= 0.3 is 5.69 Å². The standard InChI is InChI=1S/C22H26N4O5S/c1-4-24(5-2)32(30,31)17-13-11-16(12-14-17)23-20(27)15-26-19-10-8-7-9-18(19)21(28)25(6-3)22(26)29/h7-14H,4-6,15H2,1-3H3,(H,23,27). The number of nitrogens with one attached hydrogen (secondary N) is 1. The number of fused-ring (bicyclic) bond motifs is 1. The molecule has 0 aliphatic heterocycles. The van der Waals surface area contributed by atoms with Crippen molar-refractivity contribution in [1.82, 2.24) is 13.4 Å². The summed E-state index contributed by atoms with van der Waals surface area (Å²) in [6, 6.07) is 12.5. The molecule has 10 heteroatoms. The average Bonchev–Trinajstić information content (AvgIpc) is 2.78. The molecule has 32 heavy (non-hydrogen) atoms. The van der Waals surface area contributed by atoms with E-state index >= 15 is 0 Å². The second-order valence-corrected chi connectivity index (χ2v) is 9.04. The van der Waals surface area contributed by atoms with E-state index in [4.69, 9.17) is 0 Å². The lowest BCUT2D eigenvalue weighted by Crippen LogP contribution is -2.41. The van der Waals surface area contributed by atoms with Crippen molar-refractivity contribution in [1.29, 1.82) is 0 Å². The van der Waals surface area contributed by atoms with E-state index in [9.17, 15) is 22.8 Å². The van der Waals surface area contributed by atoms with Gasteiger partial charge in [0.25, 0.3) is 5.56 Å². The number of sulfonamides is 1. The Hall–Kier alpha value is -3.24. The molecule has 0 aliphatic carbocycles. The van der Waals surface area contributed by atoms with Crippen molar-refractivity contribution in [3.8, 4) is 0 Å². The normalized spacial score (nSPS) is 11.8. The summed E-state index contributed by atoms with van der Waals surface area (Å²) in [5.41, 5.74) is -0.181. The van der Waals surface area contributed by atoms with Crippen LogP contribution in [0.4, 0.5) is 5.69 Å². The SMILES string of the molecule is CCN(CC)S(=O)(=O)c1ccc(NC(=O)Cn2c(=O)n(CC)c(=O)c3ccccc32)cc1. The highest BCUT2D eigenvalue weighted by molar-refractivity contribution is 7.89. The Morgan fingerprint density at radius 2 is 1.56 bits per heavy atom. The molecule has 1 N–H and O–H groups in total. The summed E-state index contributed by atoms with van der Waals surface area (Å²) in [5, 5.41) is 3.03. The van der Waals surface area contributed by atoms with Crippen molar-refractivity contribution in [3.05, 3.63) is 69.4 Å². The van der Waals surface area contributed by atoms with Crippen LogP contribution >= 0.6 is 0 Å².